The number of fused-ring (bicyclic) bond motifs is 8. The van der Waals surface area contributed by atoms with E-state index in [1.807, 2.05) is 42.5 Å². The maximum atomic E-state index is 13.9. The summed E-state index contributed by atoms with van der Waals surface area (Å²) in [6.07, 6.45) is 8.85. The van der Waals surface area contributed by atoms with E-state index in [-0.39, 0.29) is 11.3 Å². The van der Waals surface area contributed by atoms with Gasteiger partial charge in [-0.1, -0.05) is 35.9 Å². The van der Waals surface area contributed by atoms with Crippen molar-refractivity contribution in [2.24, 2.45) is 0 Å². The molecule has 0 fully saturated rings. The first kappa shape index (κ1) is 28.9. The molecule has 226 valence electrons. The van der Waals surface area contributed by atoms with Crippen molar-refractivity contribution >= 4 is 52.0 Å². The van der Waals surface area contributed by atoms with E-state index in [9.17, 15) is 14.7 Å². The zero-order valence-electron chi connectivity index (χ0n) is 25.8. The Morgan fingerprint density at radius 1 is 0.739 bits per heavy atom. The van der Waals surface area contributed by atoms with Crippen molar-refractivity contribution in [1.82, 2.24) is 19.9 Å². The molecule has 0 saturated carbocycles. The van der Waals surface area contributed by atoms with Crippen LogP contribution in [0, 0.1) is 20.8 Å². The average Bonchev–Trinajstić information content (AvgIpc) is 3.83. The molecule has 5 aromatic rings. The van der Waals surface area contributed by atoms with Gasteiger partial charge in [-0.3, -0.25) is 9.78 Å². The molecule has 0 radical (unpaired) electrons. The Bertz CT molecular complexity index is 2260. The number of aryl methyl sites for hydroxylation is 5. The number of carbonyl (C=O) groups excluding carboxylic acids is 1. The average molecular weight is 605 g/mol. The van der Waals surface area contributed by atoms with Gasteiger partial charge in [-0.25, -0.2) is 9.78 Å². The van der Waals surface area contributed by atoms with Gasteiger partial charge in [0.25, 0.3) is 0 Å². The molecule has 7 heteroatoms. The van der Waals surface area contributed by atoms with E-state index in [1.54, 1.807) is 18.2 Å². The fourth-order valence-electron chi connectivity index (χ4n) is 6.36. The van der Waals surface area contributed by atoms with E-state index in [0.717, 1.165) is 80.0 Å². The second kappa shape index (κ2) is 11.6. The molecule has 0 unspecified atom stereocenters. The number of benzene rings is 2. The van der Waals surface area contributed by atoms with Gasteiger partial charge in [0.15, 0.2) is 5.78 Å². The summed E-state index contributed by atoms with van der Waals surface area (Å²) in [5.41, 5.74) is 13.8. The Labute approximate surface area is 266 Å². The van der Waals surface area contributed by atoms with Crippen LogP contribution < -0.4 is 0 Å². The molecule has 0 atom stereocenters. The van der Waals surface area contributed by atoms with Crippen molar-refractivity contribution in [2.75, 3.05) is 0 Å². The second-order valence-corrected chi connectivity index (χ2v) is 11.9. The van der Waals surface area contributed by atoms with Gasteiger partial charge in [0, 0.05) is 39.1 Å². The molecule has 2 aromatic carbocycles. The second-order valence-electron chi connectivity index (χ2n) is 11.9. The van der Waals surface area contributed by atoms with Gasteiger partial charge in [0.2, 0.25) is 0 Å². The predicted octanol–water partition coefficient (Wildman–Crippen LogP) is 8.46. The first-order valence-corrected chi connectivity index (χ1v) is 15.3. The van der Waals surface area contributed by atoms with E-state index in [4.69, 9.17) is 9.97 Å². The van der Waals surface area contributed by atoms with Gasteiger partial charge in [-0.15, -0.1) is 0 Å². The Kier molecular flexibility index (Phi) is 7.29. The Balaban J connectivity index is 1.50. The van der Waals surface area contributed by atoms with Gasteiger partial charge in [-0.2, -0.15) is 0 Å². The number of ketones is 1. The maximum absolute atomic E-state index is 13.9. The third-order valence-corrected chi connectivity index (χ3v) is 8.40. The molecular weight excluding hydrogens is 572 g/mol. The molecule has 0 saturated heterocycles. The fourth-order valence-corrected chi connectivity index (χ4v) is 6.36. The van der Waals surface area contributed by atoms with Crippen LogP contribution >= 0.6 is 0 Å². The summed E-state index contributed by atoms with van der Waals surface area (Å²) >= 11 is 0. The number of allylic oxidation sites excluding steroid dienone is 1. The van der Waals surface area contributed by atoms with E-state index in [0.29, 0.717) is 11.1 Å². The lowest BCUT2D eigenvalue weighted by atomic mass is 9.92. The van der Waals surface area contributed by atoms with Gasteiger partial charge < -0.3 is 15.1 Å². The number of carbonyl (C=O) groups is 2. The topological polar surface area (TPSA) is 112 Å². The molecule has 5 heterocycles. The summed E-state index contributed by atoms with van der Waals surface area (Å²) in [6, 6.07) is 22.9. The molecule has 0 spiro atoms. The highest BCUT2D eigenvalue weighted by Gasteiger charge is 2.18. The number of aromatic carboxylic acids is 1. The third-order valence-electron chi connectivity index (χ3n) is 8.40. The van der Waals surface area contributed by atoms with Crippen molar-refractivity contribution in [2.45, 2.75) is 33.6 Å². The zero-order chi connectivity index (χ0) is 31.9. The fraction of sp³-hybridized carbons (Fsp3) is 0.128. The molecule has 2 aliphatic rings. The number of nitrogens with one attached hydrogen (secondary N) is 2. The summed E-state index contributed by atoms with van der Waals surface area (Å²) in [5, 5.41) is 9.23. The number of carboxylic acids is 1. The lowest BCUT2D eigenvalue weighted by Crippen LogP contribution is -1.95. The quantitative estimate of drug-likeness (QED) is 0.135. The van der Waals surface area contributed by atoms with Crippen LogP contribution in [0.4, 0.5) is 0 Å². The van der Waals surface area contributed by atoms with Gasteiger partial charge in [0.1, 0.15) is 0 Å². The van der Waals surface area contributed by atoms with Crippen LogP contribution in [0.2, 0.25) is 0 Å². The van der Waals surface area contributed by atoms with Crippen LogP contribution in [0.5, 0.6) is 0 Å². The highest BCUT2D eigenvalue weighted by Crippen LogP contribution is 2.36. The number of rotatable bonds is 5. The number of hydrogen-bond acceptors (Lipinski definition) is 4. The number of H-pyrrole nitrogens is 2. The molecule has 3 aromatic heterocycles. The summed E-state index contributed by atoms with van der Waals surface area (Å²) in [5.74, 6) is -1.17. The number of carboxylic acid groups (broad SMARTS) is 1. The summed E-state index contributed by atoms with van der Waals surface area (Å²) in [7, 11) is 0. The Morgan fingerprint density at radius 3 is 2.15 bits per heavy atom. The summed E-state index contributed by atoms with van der Waals surface area (Å²) < 4.78 is 0. The number of hydrogen-bond donors (Lipinski definition) is 3. The molecule has 8 bridgehead atoms. The first-order valence-electron chi connectivity index (χ1n) is 15.3. The predicted molar refractivity (Wildman–Crippen MR) is 184 cm³/mol. The molecule has 7 rings (SSSR count). The van der Waals surface area contributed by atoms with E-state index in [1.165, 1.54) is 23.8 Å². The van der Waals surface area contributed by atoms with E-state index in [2.05, 4.69) is 48.9 Å². The lowest BCUT2D eigenvalue weighted by molar-refractivity contribution is 0.0696. The monoisotopic (exact) mass is 604 g/mol. The van der Waals surface area contributed by atoms with Crippen LogP contribution in [-0.4, -0.2) is 36.8 Å². The molecular formula is C39H32N4O3. The van der Waals surface area contributed by atoms with Crippen molar-refractivity contribution < 1.29 is 14.7 Å². The lowest BCUT2D eigenvalue weighted by Gasteiger charge is -2.13. The molecule has 0 aliphatic carbocycles. The Morgan fingerprint density at radius 2 is 1.43 bits per heavy atom. The normalized spacial score (nSPS) is 12.6. The third kappa shape index (κ3) is 5.71. The van der Waals surface area contributed by atoms with Crippen LogP contribution in [-0.2, 0) is 12.8 Å². The van der Waals surface area contributed by atoms with Crippen molar-refractivity contribution in [3.05, 3.63) is 135 Å². The first-order chi connectivity index (χ1) is 22.2. The van der Waals surface area contributed by atoms with Crippen LogP contribution in [0.1, 0.15) is 65.7 Å². The minimum Gasteiger partial charge on any atom is -0.478 e. The molecule has 0 amide bonds. The van der Waals surface area contributed by atoms with E-state index < -0.39 is 5.97 Å². The smallest absolute Gasteiger partial charge is 0.335 e. The van der Waals surface area contributed by atoms with Crippen LogP contribution in [0.3, 0.4) is 0 Å². The highest BCUT2D eigenvalue weighted by molar-refractivity contribution is 6.13. The zero-order valence-corrected chi connectivity index (χ0v) is 25.8. The number of aromatic nitrogens is 4. The summed E-state index contributed by atoms with van der Waals surface area (Å²) in [6.45, 7) is 6.32. The summed E-state index contributed by atoms with van der Waals surface area (Å²) in [4.78, 5) is 42.1. The highest BCUT2D eigenvalue weighted by atomic mass is 16.4. The molecule has 46 heavy (non-hydrogen) atoms. The minimum absolute atomic E-state index is 0.178. The van der Waals surface area contributed by atoms with Gasteiger partial charge >= 0.3 is 5.97 Å². The largest absolute Gasteiger partial charge is 0.478 e. The van der Waals surface area contributed by atoms with Crippen LogP contribution in [0.25, 0.3) is 51.4 Å². The minimum atomic E-state index is -0.992. The maximum Gasteiger partial charge on any atom is 0.335 e. The van der Waals surface area contributed by atoms with Gasteiger partial charge in [0.05, 0.1) is 22.5 Å². The van der Waals surface area contributed by atoms with Crippen molar-refractivity contribution in [1.29, 1.82) is 0 Å². The van der Waals surface area contributed by atoms with Crippen molar-refractivity contribution in [3.8, 4) is 11.1 Å². The number of aromatic amines is 2. The Hall–Kier alpha value is -5.82. The van der Waals surface area contributed by atoms with Crippen molar-refractivity contribution in [3.63, 3.8) is 0 Å². The van der Waals surface area contributed by atoms with E-state index >= 15 is 0 Å². The molecule has 7 nitrogen and oxygen atoms in total. The van der Waals surface area contributed by atoms with Gasteiger partial charge in [-0.05, 0) is 123 Å². The standard InChI is InChI=1S/C39H32N4O3/c1-22-16-23(2)37(24(3)17-22)38-33-14-13-30(42-33)19-29-10-9-27(40-29)18-28-11-12-31(41-28)20-34-32(21-35(38)43-34)36(44)15-6-25-4-7-26(8-5-25)39(45)46/h4-10,13-21,40,43H,11-12H2,1-3H3,(H,45,46)/b15-6+,27-18?,28-18?,29-19?,30-19?,31-20?,34-20?,38-33?,38-35?. The molecule has 2 aliphatic heterocycles. The molecule has 3 N–H and O–H groups in total. The SMILES string of the molecule is Cc1cc(C)c(-c2c3nc(cc4ccc(cc5nc(cc6[nH]c2cc6C(=O)/C=C/c2ccc(C(=O)O)cc2)CC5)[nH]4)C=C3)c(C)c1. The van der Waals surface area contributed by atoms with Crippen LogP contribution in [0.15, 0.2) is 78.9 Å². The number of nitrogens with zero attached hydrogens (tertiary/aromatic N) is 2.